The van der Waals surface area contributed by atoms with Crippen LogP contribution in [0.5, 0.6) is 0 Å². The molecule has 0 bridgehead atoms. The zero-order valence-corrected chi connectivity index (χ0v) is 10.5. The molecule has 0 atom stereocenters. The molecule has 0 spiro atoms. The molecule has 1 N–H and O–H groups in total. The molecule has 1 aromatic carbocycles. The largest absolute Gasteiger partial charge is 0.478 e. The molecule has 2 aromatic rings. The molecular formula is C12H16N4O2. The number of carboxylic acid groups (broad SMARTS) is 1. The van der Waals surface area contributed by atoms with Crippen LogP contribution in [0.1, 0.15) is 16.8 Å². The van der Waals surface area contributed by atoms with Crippen LogP contribution >= 0.6 is 0 Å². The van der Waals surface area contributed by atoms with Crippen LogP contribution in [0.25, 0.3) is 11.0 Å². The van der Waals surface area contributed by atoms with E-state index < -0.39 is 5.97 Å². The Morgan fingerprint density at radius 1 is 1.44 bits per heavy atom. The molecule has 0 unspecified atom stereocenters. The molecule has 1 aromatic heterocycles. The first-order chi connectivity index (χ1) is 8.59. The van der Waals surface area contributed by atoms with Crippen molar-refractivity contribution in [2.45, 2.75) is 13.0 Å². The topological polar surface area (TPSA) is 71.2 Å². The molecule has 0 fully saturated rings. The Morgan fingerprint density at radius 2 is 2.22 bits per heavy atom. The Labute approximate surface area is 105 Å². The maximum absolute atomic E-state index is 11.0. The van der Waals surface area contributed by atoms with Crippen molar-refractivity contribution in [3.63, 3.8) is 0 Å². The third-order valence-electron chi connectivity index (χ3n) is 2.75. The number of aryl methyl sites for hydroxylation is 1. The molecule has 0 aliphatic heterocycles. The summed E-state index contributed by atoms with van der Waals surface area (Å²) >= 11 is 0. The smallest absolute Gasteiger partial charge is 0.338 e. The fourth-order valence-electron chi connectivity index (χ4n) is 1.87. The zero-order valence-electron chi connectivity index (χ0n) is 10.5. The Balaban J connectivity index is 2.26. The van der Waals surface area contributed by atoms with Gasteiger partial charge in [0, 0.05) is 6.54 Å². The van der Waals surface area contributed by atoms with Gasteiger partial charge in [0.25, 0.3) is 0 Å². The molecule has 0 radical (unpaired) electrons. The van der Waals surface area contributed by atoms with Gasteiger partial charge < -0.3 is 10.0 Å². The van der Waals surface area contributed by atoms with Crippen LogP contribution in [-0.2, 0) is 6.54 Å². The number of carbonyl (C=O) groups is 1. The van der Waals surface area contributed by atoms with Gasteiger partial charge in [-0.25, -0.2) is 9.48 Å². The standard InChI is InChI=1S/C12H16N4O2/c1-15(2)7-4-8-16-10-6-3-5-9(12(17)18)11(10)13-14-16/h3,5-6H,4,7-8H2,1-2H3,(H,17,18). The van der Waals surface area contributed by atoms with Crippen molar-refractivity contribution in [2.24, 2.45) is 0 Å². The number of nitrogens with zero attached hydrogens (tertiary/aromatic N) is 4. The summed E-state index contributed by atoms with van der Waals surface area (Å²) in [5.41, 5.74) is 1.43. The van der Waals surface area contributed by atoms with Crippen LogP contribution in [0.4, 0.5) is 0 Å². The Hall–Kier alpha value is -1.95. The average Bonchev–Trinajstić information content (AvgIpc) is 2.72. The molecule has 0 saturated heterocycles. The molecule has 96 valence electrons. The summed E-state index contributed by atoms with van der Waals surface area (Å²) in [7, 11) is 4.03. The first kappa shape index (κ1) is 12.5. The quantitative estimate of drug-likeness (QED) is 0.857. The zero-order chi connectivity index (χ0) is 13.1. The van der Waals surface area contributed by atoms with Gasteiger partial charge in [0.1, 0.15) is 5.52 Å². The van der Waals surface area contributed by atoms with Crippen LogP contribution in [0.2, 0.25) is 0 Å². The molecule has 18 heavy (non-hydrogen) atoms. The lowest BCUT2D eigenvalue weighted by atomic mass is 10.2. The molecule has 0 aliphatic rings. The van der Waals surface area contributed by atoms with E-state index in [2.05, 4.69) is 15.2 Å². The van der Waals surface area contributed by atoms with Crippen molar-refractivity contribution in [1.82, 2.24) is 19.9 Å². The van der Waals surface area contributed by atoms with E-state index in [0.29, 0.717) is 5.52 Å². The second kappa shape index (κ2) is 5.14. The number of hydrogen-bond donors (Lipinski definition) is 1. The van der Waals surface area contributed by atoms with Gasteiger partial charge in [-0.3, -0.25) is 0 Å². The maximum Gasteiger partial charge on any atom is 0.338 e. The number of hydrogen-bond acceptors (Lipinski definition) is 4. The Bertz CT molecular complexity index is 562. The van der Waals surface area contributed by atoms with Gasteiger partial charge in [-0.2, -0.15) is 0 Å². The maximum atomic E-state index is 11.0. The monoisotopic (exact) mass is 248 g/mol. The van der Waals surface area contributed by atoms with E-state index in [4.69, 9.17) is 5.11 Å². The number of rotatable bonds is 5. The van der Waals surface area contributed by atoms with Crippen LogP contribution in [0.3, 0.4) is 0 Å². The van der Waals surface area contributed by atoms with Crippen molar-refractivity contribution in [1.29, 1.82) is 0 Å². The summed E-state index contributed by atoms with van der Waals surface area (Å²) in [6.07, 6.45) is 0.947. The van der Waals surface area contributed by atoms with E-state index in [1.807, 2.05) is 20.2 Å². The summed E-state index contributed by atoms with van der Waals surface area (Å²) in [6.45, 7) is 1.69. The highest BCUT2D eigenvalue weighted by Gasteiger charge is 2.13. The normalized spacial score (nSPS) is 11.3. The van der Waals surface area contributed by atoms with Crippen molar-refractivity contribution in [3.8, 4) is 0 Å². The molecule has 6 nitrogen and oxygen atoms in total. The summed E-state index contributed by atoms with van der Waals surface area (Å²) < 4.78 is 1.76. The van der Waals surface area contributed by atoms with E-state index in [-0.39, 0.29) is 5.56 Å². The van der Waals surface area contributed by atoms with Crippen LogP contribution < -0.4 is 0 Å². The van der Waals surface area contributed by atoms with Crippen molar-refractivity contribution < 1.29 is 9.90 Å². The number of aromatic carboxylic acids is 1. The minimum absolute atomic E-state index is 0.200. The van der Waals surface area contributed by atoms with Gasteiger partial charge in [0.2, 0.25) is 0 Å². The van der Waals surface area contributed by atoms with E-state index in [9.17, 15) is 4.79 Å². The average molecular weight is 248 g/mol. The van der Waals surface area contributed by atoms with E-state index >= 15 is 0 Å². The molecule has 1 heterocycles. The first-order valence-electron chi connectivity index (χ1n) is 5.80. The first-order valence-corrected chi connectivity index (χ1v) is 5.80. The highest BCUT2D eigenvalue weighted by Crippen LogP contribution is 2.16. The molecule has 2 rings (SSSR count). The van der Waals surface area contributed by atoms with Crippen LogP contribution in [0, 0.1) is 0 Å². The summed E-state index contributed by atoms with van der Waals surface area (Å²) in [6, 6.07) is 5.11. The highest BCUT2D eigenvalue weighted by atomic mass is 16.4. The van der Waals surface area contributed by atoms with E-state index in [1.165, 1.54) is 0 Å². The molecule has 0 saturated carbocycles. The van der Waals surface area contributed by atoms with Gasteiger partial charge >= 0.3 is 5.97 Å². The predicted octanol–water partition coefficient (Wildman–Crippen LogP) is 1.08. The number of carboxylic acids is 1. The minimum Gasteiger partial charge on any atom is -0.478 e. The SMILES string of the molecule is CN(C)CCCn1nnc2c(C(=O)O)cccc21. The summed E-state index contributed by atoms with van der Waals surface area (Å²) in [4.78, 5) is 13.1. The van der Waals surface area contributed by atoms with Crippen LogP contribution in [0.15, 0.2) is 18.2 Å². The van der Waals surface area contributed by atoms with Crippen molar-refractivity contribution in [3.05, 3.63) is 23.8 Å². The predicted molar refractivity (Wildman–Crippen MR) is 67.7 cm³/mol. The molecule has 0 amide bonds. The lowest BCUT2D eigenvalue weighted by Gasteiger charge is -2.08. The number of fused-ring (bicyclic) bond motifs is 1. The highest BCUT2D eigenvalue weighted by molar-refractivity contribution is 6.00. The van der Waals surface area contributed by atoms with Crippen molar-refractivity contribution in [2.75, 3.05) is 20.6 Å². The summed E-state index contributed by atoms with van der Waals surface area (Å²) in [5.74, 6) is -0.971. The van der Waals surface area contributed by atoms with Gasteiger partial charge in [-0.05, 0) is 39.2 Å². The van der Waals surface area contributed by atoms with Gasteiger partial charge in [-0.15, -0.1) is 5.10 Å². The number of benzene rings is 1. The molecule has 6 heteroatoms. The lowest BCUT2D eigenvalue weighted by Crippen LogP contribution is -2.15. The van der Waals surface area contributed by atoms with Gasteiger partial charge in [0.15, 0.2) is 0 Å². The second-order valence-electron chi connectivity index (χ2n) is 4.45. The van der Waals surface area contributed by atoms with Gasteiger partial charge in [0.05, 0.1) is 11.1 Å². The van der Waals surface area contributed by atoms with Crippen molar-refractivity contribution >= 4 is 17.0 Å². The molecule has 0 aliphatic carbocycles. The lowest BCUT2D eigenvalue weighted by molar-refractivity contribution is 0.0699. The van der Waals surface area contributed by atoms with Crippen LogP contribution in [-0.4, -0.2) is 51.6 Å². The minimum atomic E-state index is -0.971. The third kappa shape index (κ3) is 2.48. The van der Waals surface area contributed by atoms with Gasteiger partial charge in [-0.1, -0.05) is 11.3 Å². The Morgan fingerprint density at radius 3 is 2.89 bits per heavy atom. The fraction of sp³-hybridized carbons (Fsp3) is 0.417. The molecular weight excluding hydrogens is 232 g/mol. The number of aromatic nitrogens is 3. The third-order valence-corrected chi connectivity index (χ3v) is 2.75. The van der Waals surface area contributed by atoms with E-state index in [1.54, 1.807) is 16.8 Å². The Kier molecular flexibility index (Phi) is 3.57. The summed E-state index contributed by atoms with van der Waals surface area (Å²) in [5, 5.41) is 17.0. The van der Waals surface area contributed by atoms with E-state index in [0.717, 1.165) is 25.0 Å². The fourth-order valence-corrected chi connectivity index (χ4v) is 1.87. The second-order valence-corrected chi connectivity index (χ2v) is 4.45.